The molecular weight excluding hydrogens is 257 g/mol. The fourth-order valence-electron chi connectivity index (χ4n) is 1.68. The smallest absolute Gasteiger partial charge is 0.267 e. The van der Waals surface area contributed by atoms with Gasteiger partial charge in [-0.05, 0) is 36.2 Å². The van der Waals surface area contributed by atoms with E-state index in [0.717, 1.165) is 5.56 Å². The van der Waals surface area contributed by atoms with Crippen LogP contribution in [-0.4, -0.2) is 16.6 Å². The Morgan fingerprint density at radius 1 is 1.15 bits per heavy atom. The molecule has 1 aromatic carbocycles. The third kappa shape index (κ3) is 3.47. The van der Waals surface area contributed by atoms with E-state index in [1.54, 1.807) is 36.7 Å². The molecule has 102 valence electrons. The van der Waals surface area contributed by atoms with Gasteiger partial charge in [0.1, 0.15) is 5.82 Å². The Bertz CT molecular complexity index is 609. The lowest BCUT2D eigenvalue weighted by Gasteiger charge is -2.05. The fraction of sp³-hybridized carbons (Fsp3) is 0.133. The van der Waals surface area contributed by atoms with Crippen molar-refractivity contribution in [1.29, 1.82) is 0 Å². The number of halogens is 1. The van der Waals surface area contributed by atoms with Gasteiger partial charge in [-0.2, -0.15) is 5.10 Å². The molecule has 0 unspecified atom stereocenters. The molecule has 0 spiro atoms. The molecule has 1 aromatic heterocycles. The van der Waals surface area contributed by atoms with Gasteiger partial charge in [-0.3, -0.25) is 9.78 Å². The summed E-state index contributed by atoms with van der Waals surface area (Å²) in [6.45, 7) is 1.92. The summed E-state index contributed by atoms with van der Waals surface area (Å²) >= 11 is 0. The first kappa shape index (κ1) is 13.9. The molecule has 0 bridgehead atoms. The number of hydrazone groups is 1. The van der Waals surface area contributed by atoms with Crippen molar-refractivity contribution in [3.05, 3.63) is 65.7 Å². The predicted molar refractivity (Wildman–Crippen MR) is 74.9 cm³/mol. The summed E-state index contributed by atoms with van der Waals surface area (Å²) in [6.07, 6.45) is 3.71. The van der Waals surface area contributed by atoms with Gasteiger partial charge in [-0.25, -0.2) is 9.82 Å². The zero-order chi connectivity index (χ0) is 14.4. The van der Waals surface area contributed by atoms with Crippen LogP contribution in [0, 0.1) is 5.82 Å². The Morgan fingerprint density at radius 3 is 2.40 bits per heavy atom. The molecule has 5 heteroatoms. The molecule has 0 saturated heterocycles. The topological polar surface area (TPSA) is 54.4 Å². The maximum atomic E-state index is 12.9. The Balaban J connectivity index is 2.12. The number of carbonyl (C=O) groups is 1. The molecule has 1 N–H and O–H groups in total. The van der Waals surface area contributed by atoms with Gasteiger partial charge in [0.25, 0.3) is 5.91 Å². The molecule has 0 atom stereocenters. The number of carbonyl (C=O) groups excluding carboxylic acids is 1. The summed E-state index contributed by atoms with van der Waals surface area (Å²) in [7, 11) is 0. The van der Waals surface area contributed by atoms with Crippen LogP contribution < -0.4 is 5.43 Å². The molecular formula is C15H14FN3O. The highest BCUT2D eigenvalue weighted by Gasteiger charge is 2.05. The summed E-state index contributed by atoms with van der Waals surface area (Å²) in [6, 6.07) is 9.21. The molecule has 1 heterocycles. The molecule has 2 rings (SSSR count). The molecule has 0 radical (unpaired) electrons. The summed E-state index contributed by atoms with van der Waals surface area (Å²) in [4.78, 5) is 15.7. The second kappa shape index (κ2) is 6.56. The van der Waals surface area contributed by atoms with Crippen LogP contribution in [0.2, 0.25) is 0 Å². The number of aromatic nitrogens is 1. The fourth-order valence-corrected chi connectivity index (χ4v) is 1.68. The first-order valence-corrected chi connectivity index (χ1v) is 6.23. The standard InChI is InChI=1S/C15H14FN3O/c1-2-14(11-3-5-13(16)6-4-11)18-19-15(20)12-7-9-17-10-8-12/h3-10H,2H2,1H3,(H,19,20)/b18-14-. The van der Waals surface area contributed by atoms with Crippen molar-refractivity contribution in [2.45, 2.75) is 13.3 Å². The Labute approximate surface area is 116 Å². The van der Waals surface area contributed by atoms with Crippen LogP contribution >= 0.6 is 0 Å². The summed E-state index contributed by atoms with van der Waals surface area (Å²) in [5.74, 6) is -0.606. The van der Waals surface area contributed by atoms with Gasteiger partial charge < -0.3 is 0 Å². The van der Waals surface area contributed by atoms with Gasteiger partial charge in [-0.1, -0.05) is 19.1 Å². The lowest BCUT2D eigenvalue weighted by atomic mass is 10.1. The SMILES string of the molecule is CC/C(=N/NC(=O)c1ccncc1)c1ccc(F)cc1. The van der Waals surface area contributed by atoms with E-state index in [2.05, 4.69) is 15.5 Å². The van der Waals surface area contributed by atoms with Gasteiger partial charge in [0, 0.05) is 18.0 Å². The summed E-state index contributed by atoms with van der Waals surface area (Å²) in [5, 5.41) is 4.09. The van der Waals surface area contributed by atoms with Gasteiger partial charge in [0.05, 0.1) is 5.71 Å². The molecule has 1 amide bonds. The van der Waals surface area contributed by atoms with Crippen molar-refractivity contribution in [3.63, 3.8) is 0 Å². The van der Waals surface area contributed by atoms with Crippen LogP contribution in [0.4, 0.5) is 4.39 Å². The van der Waals surface area contributed by atoms with Crippen molar-refractivity contribution in [2.75, 3.05) is 0 Å². The molecule has 0 fully saturated rings. The molecule has 20 heavy (non-hydrogen) atoms. The van der Waals surface area contributed by atoms with E-state index in [-0.39, 0.29) is 11.7 Å². The number of hydrogen-bond donors (Lipinski definition) is 1. The number of rotatable bonds is 4. The van der Waals surface area contributed by atoms with Crippen LogP contribution in [0.3, 0.4) is 0 Å². The van der Waals surface area contributed by atoms with Crippen molar-refractivity contribution in [1.82, 2.24) is 10.4 Å². The minimum absolute atomic E-state index is 0.301. The first-order valence-electron chi connectivity index (χ1n) is 6.23. The lowest BCUT2D eigenvalue weighted by molar-refractivity contribution is 0.0954. The van der Waals surface area contributed by atoms with Crippen LogP contribution in [0.5, 0.6) is 0 Å². The van der Waals surface area contributed by atoms with Crippen LogP contribution in [-0.2, 0) is 0 Å². The number of nitrogens with one attached hydrogen (secondary N) is 1. The quantitative estimate of drug-likeness (QED) is 0.686. The number of amides is 1. The molecule has 0 aliphatic carbocycles. The molecule has 4 nitrogen and oxygen atoms in total. The van der Waals surface area contributed by atoms with Crippen molar-refractivity contribution in [3.8, 4) is 0 Å². The minimum Gasteiger partial charge on any atom is -0.267 e. The Kier molecular flexibility index (Phi) is 4.55. The van der Waals surface area contributed by atoms with Gasteiger partial charge >= 0.3 is 0 Å². The van der Waals surface area contributed by atoms with Crippen LogP contribution in [0.15, 0.2) is 53.9 Å². The second-order valence-corrected chi connectivity index (χ2v) is 4.10. The van der Waals surface area contributed by atoms with Crippen molar-refractivity contribution in [2.24, 2.45) is 5.10 Å². The Hall–Kier alpha value is -2.56. The monoisotopic (exact) mass is 271 g/mol. The van der Waals surface area contributed by atoms with E-state index < -0.39 is 0 Å². The highest BCUT2D eigenvalue weighted by molar-refractivity contribution is 6.02. The van der Waals surface area contributed by atoms with E-state index >= 15 is 0 Å². The van der Waals surface area contributed by atoms with E-state index in [9.17, 15) is 9.18 Å². The zero-order valence-corrected chi connectivity index (χ0v) is 11.0. The highest BCUT2D eigenvalue weighted by Crippen LogP contribution is 2.06. The van der Waals surface area contributed by atoms with E-state index in [4.69, 9.17) is 0 Å². The third-order valence-corrected chi connectivity index (χ3v) is 2.75. The third-order valence-electron chi connectivity index (χ3n) is 2.75. The number of benzene rings is 1. The highest BCUT2D eigenvalue weighted by atomic mass is 19.1. The largest absolute Gasteiger partial charge is 0.271 e. The maximum absolute atomic E-state index is 12.9. The van der Waals surface area contributed by atoms with Gasteiger partial charge in [0.15, 0.2) is 0 Å². The molecule has 0 saturated carbocycles. The summed E-state index contributed by atoms with van der Waals surface area (Å²) < 4.78 is 12.9. The average molecular weight is 271 g/mol. The summed E-state index contributed by atoms with van der Waals surface area (Å²) in [5.41, 5.74) is 4.44. The minimum atomic E-state index is -0.305. The van der Waals surface area contributed by atoms with E-state index in [1.165, 1.54) is 12.1 Å². The van der Waals surface area contributed by atoms with Crippen LogP contribution in [0.1, 0.15) is 29.3 Å². The van der Waals surface area contributed by atoms with Crippen molar-refractivity contribution < 1.29 is 9.18 Å². The van der Waals surface area contributed by atoms with E-state index in [0.29, 0.717) is 17.7 Å². The van der Waals surface area contributed by atoms with Crippen molar-refractivity contribution >= 4 is 11.6 Å². The zero-order valence-electron chi connectivity index (χ0n) is 11.0. The Morgan fingerprint density at radius 2 is 1.80 bits per heavy atom. The van der Waals surface area contributed by atoms with Gasteiger partial charge in [0.2, 0.25) is 0 Å². The number of pyridine rings is 1. The normalized spacial score (nSPS) is 11.2. The number of nitrogens with zero attached hydrogens (tertiary/aromatic N) is 2. The average Bonchev–Trinajstić information content (AvgIpc) is 2.50. The molecule has 2 aromatic rings. The first-order chi connectivity index (χ1) is 9.70. The molecule has 0 aliphatic rings. The number of hydrogen-bond acceptors (Lipinski definition) is 3. The van der Waals surface area contributed by atoms with Gasteiger partial charge in [-0.15, -0.1) is 0 Å². The van der Waals surface area contributed by atoms with E-state index in [1.807, 2.05) is 6.92 Å². The predicted octanol–water partition coefficient (Wildman–Crippen LogP) is 2.76. The lowest BCUT2D eigenvalue weighted by Crippen LogP contribution is -2.20. The van der Waals surface area contributed by atoms with Crippen LogP contribution in [0.25, 0.3) is 0 Å². The molecule has 0 aliphatic heterocycles. The second-order valence-electron chi connectivity index (χ2n) is 4.10. The maximum Gasteiger partial charge on any atom is 0.271 e.